The Hall–Kier alpha value is -1.06. The molecule has 0 amide bonds. The minimum Gasteiger partial charge on any atom is -0.392 e. The third-order valence-electron chi connectivity index (χ3n) is 3.86. The molecule has 0 aromatic heterocycles. The lowest BCUT2D eigenvalue weighted by Crippen LogP contribution is -2.47. The summed E-state index contributed by atoms with van der Waals surface area (Å²) in [5, 5.41) is 9.02. The summed E-state index contributed by atoms with van der Waals surface area (Å²) >= 11 is 0. The largest absolute Gasteiger partial charge is 0.392 e. The Morgan fingerprint density at radius 2 is 1.65 bits per heavy atom. The first kappa shape index (κ1) is 11.1. The molecule has 3 nitrogen and oxygen atoms in total. The molecule has 1 N–H and O–H groups in total. The number of rotatable bonds is 3. The van der Waals surface area contributed by atoms with E-state index < -0.39 is 0 Å². The third kappa shape index (κ3) is 2.45. The van der Waals surface area contributed by atoms with E-state index in [1.54, 1.807) is 0 Å². The molecule has 2 fully saturated rings. The van der Waals surface area contributed by atoms with Gasteiger partial charge in [0.15, 0.2) is 0 Å². The predicted octanol–water partition coefficient (Wildman–Crippen LogP) is 1.46. The van der Waals surface area contributed by atoms with Crippen molar-refractivity contribution in [3.05, 3.63) is 29.8 Å². The first-order chi connectivity index (χ1) is 8.36. The fraction of sp³-hybridized carbons (Fsp3) is 0.571. The number of hydrogen-bond donors (Lipinski definition) is 1. The number of hydrogen-bond acceptors (Lipinski definition) is 3. The van der Waals surface area contributed by atoms with E-state index >= 15 is 0 Å². The van der Waals surface area contributed by atoms with Crippen molar-refractivity contribution >= 4 is 5.69 Å². The summed E-state index contributed by atoms with van der Waals surface area (Å²) in [4.78, 5) is 5.07. The highest BCUT2D eigenvalue weighted by atomic mass is 16.3. The molecule has 1 saturated carbocycles. The second-order valence-electron chi connectivity index (χ2n) is 5.08. The molecule has 0 unspecified atom stereocenters. The molecule has 0 atom stereocenters. The Labute approximate surface area is 103 Å². The fourth-order valence-electron chi connectivity index (χ4n) is 2.60. The Morgan fingerprint density at radius 1 is 1.00 bits per heavy atom. The molecule has 1 heterocycles. The van der Waals surface area contributed by atoms with Gasteiger partial charge < -0.3 is 10.0 Å². The molecule has 1 aliphatic carbocycles. The molecular weight excluding hydrogens is 212 g/mol. The lowest BCUT2D eigenvalue weighted by atomic mass is 10.2. The normalized spacial score (nSPS) is 21.8. The number of anilines is 1. The maximum atomic E-state index is 9.02. The Kier molecular flexibility index (Phi) is 3.04. The van der Waals surface area contributed by atoms with E-state index in [2.05, 4.69) is 21.9 Å². The topological polar surface area (TPSA) is 26.7 Å². The van der Waals surface area contributed by atoms with Crippen LogP contribution in [0.25, 0.3) is 0 Å². The van der Waals surface area contributed by atoms with E-state index in [-0.39, 0.29) is 6.61 Å². The molecule has 3 rings (SSSR count). The monoisotopic (exact) mass is 232 g/mol. The zero-order chi connectivity index (χ0) is 11.7. The molecule has 0 spiro atoms. The minimum absolute atomic E-state index is 0.135. The average molecular weight is 232 g/mol. The van der Waals surface area contributed by atoms with E-state index in [4.69, 9.17) is 5.11 Å². The van der Waals surface area contributed by atoms with Crippen LogP contribution >= 0.6 is 0 Å². The van der Waals surface area contributed by atoms with Gasteiger partial charge in [-0.15, -0.1) is 0 Å². The molecule has 1 aromatic rings. The first-order valence-corrected chi connectivity index (χ1v) is 6.55. The van der Waals surface area contributed by atoms with E-state index in [0.717, 1.165) is 24.7 Å². The highest BCUT2D eigenvalue weighted by Gasteiger charge is 2.31. The van der Waals surface area contributed by atoms with Crippen LogP contribution in [0.4, 0.5) is 5.69 Å². The second kappa shape index (κ2) is 4.67. The van der Waals surface area contributed by atoms with Crippen LogP contribution in [0.3, 0.4) is 0 Å². The predicted molar refractivity (Wildman–Crippen MR) is 69.2 cm³/mol. The highest BCUT2D eigenvalue weighted by Crippen LogP contribution is 2.28. The van der Waals surface area contributed by atoms with Crippen molar-refractivity contribution in [3.8, 4) is 0 Å². The fourth-order valence-corrected chi connectivity index (χ4v) is 2.60. The number of aliphatic hydroxyl groups excluding tert-OH is 1. The quantitative estimate of drug-likeness (QED) is 0.855. The summed E-state index contributed by atoms with van der Waals surface area (Å²) in [6, 6.07) is 9.18. The number of aliphatic hydroxyl groups is 1. The molecular formula is C14H20N2O. The summed E-state index contributed by atoms with van der Waals surface area (Å²) in [5.41, 5.74) is 2.28. The van der Waals surface area contributed by atoms with Gasteiger partial charge in [-0.05, 0) is 30.5 Å². The smallest absolute Gasteiger partial charge is 0.0681 e. The van der Waals surface area contributed by atoms with Crippen LogP contribution in [0.5, 0.6) is 0 Å². The second-order valence-corrected chi connectivity index (χ2v) is 5.08. The molecule has 92 valence electrons. The van der Waals surface area contributed by atoms with Crippen LogP contribution in [0.2, 0.25) is 0 Å². The summed E-state index contributed by atoms with van der Waals surface area (Å²) in [7, 11) is 0. The SMILES string of the molecule is OCc1ccc(N2CCN(C3CC3)CC2)cc1. The number of nitrogens with zero attached hydrogens (tertiary/aromatic N) is 2. The molecule has 1 aliphatic heterocycles. The molecule has 3 heteroatoms. The van der Waals surface area contributed by atoms with E-state index in [1.807, 2.05) is 12.1 Å². The Morgan fingerprint density at radius 3 is 2.18 bits per heavy atom. The zero-order valence-electron chi connectivity index (χ0n) is 10.2. The maximum Gasteiger partial charge on any atom is 0.0681 e. The summed E-state index contributed by atoms with van der Waals surface area (Å²) in [6.07, 6.45) is 2.82. The van der Waals surface area contributed by atoms with Gasteiger partial charge in [-0.3, -0.25) is 4.90 Å². The van der Waals surface area contributed by atoms with Gasteiger partial charge in [0, 0.05) is 37.9 Å². The van der Waals surface area contributed by atoms with Crippen molar-refractivity contribution < 1.29 is 5.11 Å². The van der Waals surface area contributed by atoms with Crippen LogP contribution in [-0.2, 0) is 6.61 Å². The maximum absolute atomic E-state index is 9.02. The van der Waals surface area contributed by atoms with Crippen LogP contribution in [0.15, 0.2) is 24.3 Å². The van der Waals surface area contributed by atoms with Crippen LogP contribution < -0.4 is 4.90 Å². The van der Waals surface area contributed by atoms with Gasteiger partial charge in [0.25, 0.3) is 0 Å². The van der Waals surface area contributed by atoms with Gasteiger partial charge >= 0.3 is 0 Å². The van der Waals surface area contributed by atoms with Gasteiger partial charge in [0.2, 0.25) is 0 Å². The molecule has 1 saturated heterocycles. The Bertz CT molecular complexity index is 364. The number of piperazine rings is 1. The number of benzene rings is 1. The van der Waals surface area contributed by atoms with Crippen molar-refractivity contribution in [2.24, 2.45) is 0 Å². The lowest BCUT2D eigenvalue weighted by molar-refractivity contribution is 0.248. The van der Waals surface area contributed by atoms with Crippen molar-refractivity contribution in [1.29, 1.82) is 0 Å². The van der Waals surface area contributed by atoms with Crippen molar-refractivity contribution in [1.82, 2.24) is 4.90 Å². The Balaban J connectivity index is 1.60. The van der Waals surface area contributed by atoms with Crippen molar-refractivity contribution in [3.63, 3.8) is 0 Å². The minimum atomic E-state index is 0.135. The van der Waals surface area contributed by atoms with Gasteiger partial charge in [0.1, 0.15) is 0 Å². The molecule has 2 aliphatic rings. The van der Waals surface area contributed by atoms with E-state index in [1.165, 1.54) is 31.6 Å². The van der Waals surface area contributed by atoms with E-state index in [9.17, 15) is 0 Å². The molecule has 17 heavy (non-hydrogen) atoms. The van der Waals surface area contributed by atoms with Crippen molar-refractivity contribution in [2.75, 3.05) is 31.1 Å². The lowest BCUT2D eigenvalue weighted by Gasteiger charge is -2.36. The molecule has 0 bridgehead atoms. The van der Waals surface area contributed by atoms with E-state index in [0.29, 0.717) is 0 Å². The van der Waals surface area contributed by atoms with Gasteiger partial charge in [-0.25, -0.2) is 0 Å². The molecule has 1 aromatic carbocycles. The standard InChI is InChI=1S/C14H20N2O/c17-11-12-1-3-13(4-2-12)15-7-9-16(10-8-15)14-5-6-14/h1-4,14,17H,5-11H2. The van der Waals surface area contributed by atoms with Crippen molar-refractivity contribution in [2.45, 2.75) is 25.5 Å². The summed E-state index contributed by atoms with van der Waals surface area (Å²) in [5.74, 6) is 0. The third-order valence-corrected chi connectivity index (χ3v) is 3.86. The van der Waals surface area contributed by atoms with Crippen LogP contribution in [0, 0.1) is 0 Å². The van der Waals surface area contributed by atoms with Gasteiger partial charge in [-0.2, -0.15) is 0 Å². The first-order valence-electron chi connectivity index (χ1n) is 6.55. The summed E-state index contributed by atoms with van der Waals surface area (Å²) in [6.45, 7) is 4.80. The average Bonchev–Trinajstić information content (AvgIpc) is 3.24. The summed E-state index contributed by atoms with van der Waals surface area (Å²) < 4.78 is 0. The zero-order valence-corrected chi connectivity index (χ0v) is 10.2. The van der Waals surface area contributed by atoms with Crippen LogP contribution in [-0.4, -0.2) is 42.2 Å². The molecule has 0 radical (unpaired) electrons. The van der Waals surface area contributed by atoms with Gasteiger partial charge in [-0.1, -0.05) is 12.1 Å². The highest BCUT2D eigenvalue weighted by molar-refractivity contribution is 5.48. The van der Waals surface area contributed by atoms with Gasteiger partial charge in [0.05, 0.1) is 6.61 Å². The van der Waals surface area contributed by atoms with Crippen LogP contribution in [0.1, 0.15) is 18.4 Å².